The molecule has 0 saturated carbocycles. The topological polar surface area (TPSA) is 64.7 Å². The fraction of sp³-hybridized carbons (Fsp3) is 0.292. The van der Waals surface area contributed by atoms with Gasteiger partial charge in [0.15, 0.2) is 0 Å². The lowest BCUT2D eigenvalue weighted by Crippen LogP contribution is -2.38. The van der Waals surface area contributed by atoms with E-state index in [0.29, 0.717) is 52.8 Å². The highest BCUT2D eigenvalue weighted by atomic mass is 35.5. The number of anilines is 1. The van der Waals surface area contributed by atoms with Crippen LogP contribution in [0.2, 0.25) is 5.02 Å². The first-order valence-corrected chi connectivity index (χ1v) is 11.0. The van der Waals surface area contributed by atoms with Crippen molar-refractivity contribution in [2.75, 3.05) is 24.6 Å². The van der Waals surface area contributed by atoms with Crippen molar-refractivity contribution >= 4 is 22.9 Å². The van der Waals surface area contributed by atoms with E-state index < -0.39 is 5.82 Å². The molecule has 1 aliphatic rings. The van der Waals surface area contributed by atoms with E-state index in [4.69, 9.17) is 16.3 Å². The number of hydrogen-bond acceptors (Lipinski definition) is 5. The molecule has 0 unspecified atom stereocenters. The van der Waals surface area contributed by atoms with E-state index in [9.17, 15) is 9.18 Å². The summed E-state index contributed by atoms with van der Waals surface area (Å²) in [7, 11) is 1.87. The van der Waals surface area contributed by atoms with E-state index >= 15 is 0 Å². The summed E-state index contributed by atoms with van der Waals surface area (Å²) in [4.78, 5) is 19.9. The van der Waals surface area contributed by atoms with Gasteiger partial charge in [0, 0.05) is 65.5 Å². The van der Waals surface area contributed by atoms with E-state index in [1.165, 1.54) is 10.5 Å². The highest BCUT2D eigenvalue weighted by Gasteiger charge is 2.25. The number of benzene rings is 1. The molecule has 1 aliphatic heterocycles. The number of aryl methyl sites for hydroxylation is 2. The Balaban J connectivity index is 1.67. The molecule has 170 valence electrons. The molecule has 0 bridgehead atoms. The molecule has 1 aromatic carbocycles. The molecule has 4 aromatic rings. The van der Waals surface area contributed by atoms with Crippen LogP contribution in [-0.4, -0.2) is 38.9 Å². The first-order chi connectivity index (χ1) is 15.8. The van der Waals surface area contributed by atoms with Gasteiger partial charge in [0.1, 0.15) is 17.6 Å². The highest BCUT2D eigenvalue weighted by Crippen LogP contribution is 2.33. The van der Waals surface area contributed by atoms with Crippen molar-refractivity contribution in [3.63, 3.8) is 0 Å². The molecule has 1 saturated heterocycles. The summed E-state index contributed by atoms with van der Waals surface area (Å²) < 4.78 is 24.2. The number of ether oxygens (including phenoxy) is 1. The number of rotatable bonds is 3. The van der Waals surface area contributed by atoms with Crippen molar-refractivity contribution in [2.45, 2.75) is 20.0 Å². The smallest absolute Gasteiger partial charge is 0.261 e. The number of hydrogen-bond donors (Lipinski definition) is 0. The quantitative estimate of drug-likeness (QED) is 0.454. The summed E-state index contributed by atoms with van der Waals surface area (Å²) in [6.45, 7) is 5.26. The molecule has 33 heavy (non-hydrogen) atoms. The number of halogens is 2. The Morgan fingerprint density at radius 1 is 1.18 bits per heavy atom. The Morgan fingerprint density at radius 3 is 2.73 bits per heavy atom. The summed E-state index contributed by atoms with van der Waals surface area (Å²) in [5.41, 5.74) is 4.05. The predicted octanol–water partition coefficient (Wildman–Crippen LogP) is 4.08. The molecular weight excluding hydrogens is 445 g/mol. The molecule has 1 fully saturated rings. The third-order valence-corrected chi connectivity index (χ3v) is 6.36. The maximum Gasteiger partial charge on any atom is 0.261 e. The van der Waals surface area contributed by atoms with Gasteiger partial charge in [0.25, 0.3) is 5.56 Å². The van der Waals surface area contributed by atoms with Crippen LogP contribution in [0.5, 0.6) is 0 Å². The minimum absolute atomic E-state index is 0.159. The van der Waals surface area contributed by atoms with Crippen molar-refractivity contribution in [3.05, 3.63) is 80.9 Å². The van der Waals surface area contributed by atoms with Crippen molar-refractivity contribution in [1.82, 2.24) is 19.2 Å². The molecule has 0 amide bonds. The fourth-order valence-corrected chi connectivity index (χ4v) is 4.35. The van der Waals surface area contributed by atoms with Gasteiger partial charge >= 0.3 is 0 Å². The molecule has 5 rings (SSSR count). The number of pyridine rings is 1. The van der Waals surface area contributed by atoms with Crippen LogP contribution in [0, 0.1) is 19.7 Å². The van der Waals surface area contributed by atoms with Crippen molar-refractivity contribution in [3.8, 4) is 11.1 Å². The number of fused-ring (bicyclic) bond motifs is 1. The van der Waals surface area contributed by atoms with Crippen molar-refractivity contribution in [1.29, 1.82) is 0 Å². The zero-order chi connectivity index (χ0) is 23.3. The Hall–Kier alpha value is -3.23. The van der Waals surface area contributed by atoms with E-state index in [2.05, 4.69) is 15.0 Å². The summed E-state index contributed by atoms with van der Waals surface area (Å²) in [6.07, 6.45) is 5.35. The summed E-state index contributed by atoms with van der Waals surface area (Å²) >= 11 is 5.98. The van der Waals surface area contributed by atoms with Gasteiger partial charge in [-0.05, 0) is 38.1 Å². The standard InChI is InChI=1S/C24H23ClFN5O2/c1-14-15(2)28-23-20(19-5-4-17(25)8-21(19)26)9-18(12-31(23)24(14)32)30-6-7-33-22(13-30)16-10-27-29(3)11-16/h4-5,8-12,22H,6-7,13H2,1-3H3/t22-/m0/s1. The number of morpholine rings is 1. The molecule has 9 heteroatoms. The van der Waals surface area contributed by atoms with E-state index in [1.54, 1.807) is 43.1 Å². The van der Waals surface area contributed by atoms with Crippen molar-refractivity contribution < 1.29 is 9.13 Å². The van der Waals surface area contributed by atoms with Crippen LogP contribution in [0.25, 0.3) is 16.8 Å². The van der Waals surface area contributed by atoms with Gasteiger partial charge in [0.2, 0.25) is 0 Å². The van der Waals surface area contributed by atoms with Gasteiger partial charge in [0.05, 0.1) is 18.5 Å². The Bertz CT molecular complexity index is 1430. The second kappa shape index (κ2) is 8.28. The van der Waals surface area contributed by atoms with E-state index in [0.717, 1.165) is 11.3 Å². The van der Waals surface area contributed by atoms with E-state index in [1.807, 2.05) is 19.3 Å². The average molecular weight is 468 g/mol. The Labute approximate surface area is 195 Å². The molecule has 0 aliphatic carbocycles. The lowest BCUT2D eigenvalue weighted by Gasteiger charge is -2.34. The zero-order valence-electron chi connectivity index (χ0n) is 18.5. The third-order valence-electron chi connectivity index (χ3n) is 6.13. The maximum absolute atomic E-state index is 15.0. The first-order valence-electron chi connectivity index (χ1n) is 10.7. The van der Waals surface area contributed by atoms with Crippen LogP contribution in [0.3, 0.4) is 0 Å². The molecule has 0 N–H and O–H groups in total. The Kier molecular flexibility index (Phi) is 5.42. The van der Waals surface area contributed by atoms with Gasteiger partial charge in [-0.1, -0.05) is 11.6 Å². The van der Waals surface area contributed by atoms with Crippen LogP contribution < -0.4 is 10.5 Å². The molecule has 3 aromatic heterocycles. The van der Waals surface area contributed by atoms with Gasteiger partial charge in [-0.25, -0.2) is 9.37 Å². The van der Waals surface area contributed by atoms with Gasteiger partial charge in [-0.2, -0.15) is 5.10 Å². The minimum atomic E-state index is -0.468. The lowest BCUT2D eigenvalue weighted by molar-refractivity contribution is 0.0397. The monoisotopic (exact) mass is 467 g/mol. The van der Waals surface area contributed by atoms with Crippen molar-refractivity contribution in [2.24, 2.45) is 7.05 Å². The van der Waals surface area contributed by atoms with Crippen LogP contribution >= 0.6 is 11.6 Å². The van der Waals surface area contributed by atoms with Gasteiger partial charge in [-0.15, -0.1) is 0 Å². The van der Waals surface area contributed by atoms with Crippen LogP contribution in [-0.2, 0) is 11.8 Å². The first kappa shape index (κ1) is 21.6. The average Bonchev–Trinajstić information content (AvgIpc) is 3.24. The van der Waals surface area contributed by atoms with E-state index in [-0.39, 0.29) is 11.7 Å². The molecule has 0 radical (unpaired) electrons. The normalized spacial score (nSPS) is 16.5. The molecular formula is C24H23ClFN5O2. The molecule has 1 atom stereocenters. The molecule has 7 nitrogen and oxygen atoms in total. The van der Waals surface area contributed by atoms with Gasteiger partial charge in [-0.3, -0.25) is 13.9 Å². The molecule has 0 spiro atoms. The minimum Gasteiger partial charge on any atom is -0.370 e. The summed E-state index contributed by atoms with van der Waals surface area (Å²) in [5.74, 6) is -0.468. The van der Waals surface area contributed by atoms with Gasteiger partial charge < -0.3 is 9.64 Å². The zero-order valence-corrected chi connectivity index (χ0v) is 19.3. The number of aromatic nitrogens is 4. The summed E-state index contributed by atoms with van der Waals surface area (Å²) in [5, 5.41) is 4.55. The summed E-state index contributed by atoms with van der Waals surface area (Å²) in [6, 6.07) is 6.41. The highest BCUT2D eigenvalue weighted by molar-refractivity contribution is 6.30. The van der Waals surface area contributed by atoms with Crippen LogP contribution in [0.15, 0.2) is 47.7 Å². The van der Waals surface area contributed by atoms with Crippen LogP contribution in [0.4, 0.5) is 10.1 Å². The maximum atomic E-state index is 15.0. The number of nitrogens with zero attached hydrogens (tertiary/aromatic N) is 5. The largest absolute Gasteiger partial charge is 0.370 e. The molecule has 4 heterocycles. The second-order valence-corrected chi connectivity index (χ2v) is 8.75. The SMILES string of the molecule is Cc1nc2c(-c3ccc(Cl)cc3F)cc(N3CCO[C@H](c4cnn(C)c4)C3)cn2c(=O)c1C. The fourth-order valence-electron chi connectivity index (χ4n) is 4.19. The van der Waals surface area contributed by atoms with Crippen LogP contribution in [0.1, 0.15) is 22.9 Å². The predicted molar refractivity (Wildman–Crippen MR) is 125 cm³/mol. The lowest BCUT2D eigenvalue weighted by atomic mass is 10.0. The third kappa shape index (κ3) is 3.89. The second-order valence-electron chi connectivity index (χ2n) is 8.31. The Morgan fingerprint density at radius 2 is 2.00 bits per heavy atom.